The second-order valence-corrected chi connectivity index (χ2v) is 6.17. The lowest BCUT2D eigenvalue weighted by Gasteiger charge is -2.45. The van der Waals surface area contributed by atoms with Crippen LogP contribution in [0.1, 0.15) is 12.8 Å². The molecule has 4 fully saturated rings. The Kier molecular flexibility index (Phi) is 3.22. The highest BCUT2D eigenvalue weighted by Crippen LogP contribution is 2.33. The molecule has 0 saturated carbocycles. The molecule has 5 nitrogen and oxygen atoms in total. The minimum absolute atomic E-state index is 0.238. The molecule has 1 aromatic carbocycles. The van der Waals surface area contributed by atoms with Crippen molar-refractivity contribution in [3.8, 4) is 0 Å². The van der Waals surface area contributed by atoms with Gasteiger partial charge in [0.25, 0.3) is 0 Å². The number of carbonyl (C=O) groups excluding carboxylic acids is 1. The first-order chi connectivity index (χ1) is 10.3. The number of anilines is 2. The SMILES string of the molecule is O=C1OCCN1c1ccccc1N[C@@H]1CN2CCC1CC2. The molecule has 4 aliphatic heterocycles. The van der Waals surface area contributed by atoms with Crippen molar-refractivity contribution < 1.29 is 9.53 Å². The van der Waals surface area contributed by atoms with Crippen molar-refractivity contribution in [3.63, 3.8) is 0 Å². The monoisotopic (exact) mass is 287 g/mol. The molecule has 4 heterocycles. The molecule has 0 aromatic heterocycles. The van der Waals surface area contributed by atoms with E-state index in [9.17, 15) is 4.79 Å². The van der Waals surface area contributed by atoms with Gasteiger partial charge in [0.05, 0.1) is 17.9 Å². The number of ether oxygens (including phenoxy) is 1. The van der Waals surface area contributed by atoms with E-state index in [1.165, 1.54) is 25.9 Å². The average molecular weight is 287 g/mol. The Hall–Kier alpha value is -1.75. The fourth-order valence-electron chi connectivity index (χ4n) is 3.77. The second kappa shape index (κ2) is 5.22. The molecule has 5 heteroatoms. The summed E-state index contributed by atoms with van der Waals surface area (Å²) >= 11 is 0. The first-order valence-electron chi connectivity index (χ1n) is 7.83. The van der Waals surface area contributed by atoms with Crippen LogP contribution in [0.3, 0.4) is 0 Å². The normalized spacial score (nSPS) is 31.3. The predicted molar refractivity (Wildman–Crippen MR) is 81.7 cm³/mol. The van der Waals surface area contributed by atoms with Crippen LogP contribution in [0.4, 0.5) is 16.2 Å². The van der Waals surface area contributed by atoms with Gasteiger partial charge in [0.2, 0.25) is 0 Å². The maximum atomic E-state index is 11.8. The fraction of sp³-hybridized carbons (Fsp3) is 0.562. The van der Waals surface area contributed by atoms with E-state index >= 15 is 0 Å². The van der Waals surface area contributed by atoms with E-state index in [4.69, 9.17) is 4.74 Å². The Balaban J connectivity index is 1.56. The van der Waals surface area contributed by atoms with E-state index in [0.717, 1.165) is 23.8 Å². The summed E-state index contributed by atoms with van der Waals surface area (Å²) in [5, 5.41) is 3.69. The topological polar surface area (TPSA) is 44.8 Å². The number of rotatable bonds is 3. The summed E-state index contributed by atoms with van der Waals surface area (Å²) in [5.41, 5.74) is 1.99. The zero-order valence-electron chi connectivity index (χ0n) is 12.1. The van der Waals surface area contributed by atoms with Gasteiger partial charge in [-0.3, -0.25) is 4.90 Å². The van der Waals surface area contributed by atoms with Gasteiger partial charge in [-0.15, -0.1) is 0 Å². The Morgan fingerprint density at radius 3 is 2.62 bits per heavy atom. The van der Waals surface area contributed by atoms with Gasteiger partial charge in [-0.05, 0) is 44.0 Å². The summed E-state index contributed by atoms with van der Waals surface area (Å²) in [5.74, 6) is 0.758. The molecular formula is C16H21N3O2. The van der Waals surface area contributed by atoms with E-state index in [0.29, 0.717) is 19.2 Å². The molecule has 1 N–H and O–H groups in total. The van der Waals surface area contributed by atoms with Crippen LogP contribution in [0, 0.1) is 5.92 Å². The number of nitrogens with one attached hydrogen (secondary N) is 1. The van der Waals surface area contributed by atoms with Gasteiger partial charge in [0.15, 0.2) is 0 Å². The summed E-state index contributed by atoms with van der Waals surface area (Å²) in [6, 6.07) is 8.55. The van der Waals surface area contributed by atoms with E-state index in [-0.39, 0.29) is 6.09 Å². The number of amides is 1. The first-order valence-corrected chi connectivity index (χ1v) is 7.83. The lowest BCUT2D eigenvalue weighted by Crippen LogP contribution is -2.53. The van der Waals surface area contributed by atoms with Gasteiger partial charge in [-0.1, -0.05) is 12.1 Å². The van der Waals surface area contributed by atoms with Crippen LogP contribution < -0.4 is 10.2 Å². The van der Waals surface area contributed by atoms with Crippen molar-refractivity contribution in [2.45, 2.75) is 18.9 Å². The number of hydrogen-bond acceptors (Lipinski definition) is 4. The van der Waals surface area contributed by atoms with Gasteiger partial charge in [-0.2, -0.15) is 0 Å². The van der Waals surface area contributed by atoms with Crippen LogP contribution in [0.5, 0.6) is 0 Å². The summed E-state index contributed by atoms with van der Waals surface area (Å²) in [4.78, 5) is 16.1. The number of fused-ring (bicyclic) bond motifs is 3. The lowest BCUT2D eigenvalue weighted by molar-refractivity contribution is 0.0975. The van der Waals surface area contributed by atoms with E-state index < -0.39 is 0 Å². The van der Waals surface area contributed by atoms with Gasteiger partial charge >= 0.3 is 6.09 Å². The van der Waals surface area contributed by atoms with Crippen molar-refractivity contribution in [1.82, 2.24) is 4.90 Å². The molecule has 0 spiro atoms. The molecule has 0 aliphatic carbocycles. The number of para-hydroxylation sites is 2. The molecule has 1 aromatic rings. The molecule has 1 atom stereocenters. The molecule has 2 bridgehead atoms. The van der Waals surface area contributed by atoms with Gasteiger partial charge in [0.1, 0.15) is 6.61 Å². The highest BCUT2D eigenvalue weighted by Gasteiger charge is 2.35. The van der Waals surface area contributed by atoms with Crippen LogP contribution in [0.25, 0.3) is 0 Å². The number of cyclic esters (lactones) is 1. The summed E-state index contributed by atoms with van der Waals surface area (Å²) in [6.07, 6.45) is 2.33. The summed E-state index contributed by atoms with van der Waals surface area (Å²) in [6.45, 7) is 4.71. The van der Waals surface area contributed by atoms with E-state index in [1.54, 1.807) is 4.90 Å². The van der Waals surface area contributed by atoms with Crippen LogP contribution in [0.15, 0.2) is 24.3 Å². The van der Waals surface area contributed by atoms with Crippen molar-refractivity contribution in [1.29, 1.82) is 0 Å². The van der Waals surface area contributed by atoms with Gasteiger partial charge in [0, 0.05) is 12.6 Å². The van der Waals surface area contributed by atoms with Gasteiger partial charge < -0.3 is 15.0 Å². The molecule has 21 heavy (non-hydrogen) atoms. The molecule has 5 rings (SSSR count). The quantitative estimate of drug-likeness (QED) is 0.925. The number of benzene rings is 1. The second-order valence-electron chi connectivity index (χ2n) is 6.17. The number of piperidine rings is 3. The maximum absolute atomic E-state index is 11.8. The maximum Gasteiger partial charge on any atom is 0.414 e. The van der Waals surface area contributed by atoms with Crippen LogP contribution in [0.2, 0.25) is 0 Å². The summed E-state index contributed by atoms with van der Waals surface area (Å²) < 4.78 is 5.07. The molecule has 1 amide bonds. The average Bonchev–Trinajstić information content (AvgIpc) is 2.95. The number of hydrogen-bond donors (Lipinski definition) is 1. The highest BCUT2D eigenvalue weighted by molar-refractivity contribution is 5.93. The number of carbonyl (C=O) groups is 1. The third-order valence-corrected chi connectivity index (χ3v) is 4.95. The van der Waals surface area contributed by atoms with Gasteiger partial charge in [-0.25, -0.2) is 4.79 Å². The van der Waals surface area contributed by atoms with E-state index in [2.05, 4.69) is 16.3 Å². The standard InChI is InChI=1S/C16H21N3O2/c20-16-19(9-10-21-16)15-4-2-1-3-13(15)17-14-11-18-7-5-12(14)6-8-18/h1-4,12,14,17H,5-11H2/t14-/m1/s1. The van der Waals surface area contributed by atoms with Crippen molar-refractivity contribution in [3.05, 3.63) is 24.3 Å². The Morgan fingerprint density at radius 1 is 1.14 bits per heavy atom. The summed E-state index contributed by atoms with van der Waals surface area (Å²) in [7, 11) is 0. The third-order valence-electron chi connectivity index (χ3n) is 4.95. The molecule has 0 radical (unpaired) electrons. The minimum atomic E-state index is -0.238. The minimum Gasteiger partial charge on any atom is -0.447 e. The molecular weight excluding hydrogens is 266 g/mol. The predicted octanol–water partition coefficient (Wildman–Crippen LogP) is 2.15. The Bertz CT molecular complexity index is 540. The molecule has 4 saturated heterocycles. The lowest BCUT2D eigenvalue weighted by atomic mass is 9.84. The number of nitrogens with zero attached hydrogens (tertiary/aromatic N) is 2. The first kappa shape index (κ1) is 13.0. The largest absolute Gasteiger partial charge is 0.447 e. The fourth-order valence-corrected chi connectivity index (χ4v) is 3.77. The van der Waals surface area contributed by atoms with Crippen LogP contribution in [-0.2, 0) is 4.74 Å². The zero-order chi connectivity index (χ0) is 14.2. The third kappa shape index (κ3) is 2.35. The van der Waals surface area contributed by atoms with Crippen molar-refractivity contribution in [2.75, 3.05) is 43.0 Å². The van der Waals surface area contributed by atoms with Crippen molar-refractivity contribution in [2.24, 2.45) is 5.92 Å². The van der Waals surface area contributed by atoms with Crippen molar-refractivity contribution >= 4 is 17.5 Å². The van der Waals surface area contributed by atoms with Crippen LogP contribution >= 0.6 is 0 Å². The Labute approximate surface area is 124 Å². The zero-order valence-corrected chi connectivity index (χ0v) is 12.1. The Morgan fingerprint density at radius 2 is 1.95 bits per heavy atom. The van der Waals surface area contributed by atoms with Crippen LogP contribution in [-0.4, -0.2) is 49.8 Å². The highest BCUT2D eigenvalue weighted by atomic mass is 16.6. The molecule has 4 aliphatic rings. The molecule has 112 valence electrons. The van der Waals surface area contributed by atoms with E-state index in [1.807, 2.05) is 18.2 Å². The molecule has 0 unspecified atom stereocenters. The smallest absolute Gasteiger partial charge is 0.414 e.